The number of nitrogens with zero attached hydrogens (tertiary/aromatic N) is 1. The van der Waals surface area contributed by atoms with Crippen molar-refractivity contribution in [2.75, 3.05) is 19.6 Å². The molecule has 1 aromatic carbocycles. The van der Waals surface area contributed by atoms with Gasteiger partial charge in [-0.15, -0.1) is 0 Å². The predicted molar refractivity (Wildman–Crippen MR) is 77.8 cm³/mol. The fourth-order valence-electron chi connectivity index (χ4n) is 2.51. The van der Waals surface area contributed by atoms with Gasteiger partial charge in [-0.3, -0.25) is 0 Å². The molecule has 18 heavy (non-hydrogen) atoms. The van der Waals surface area contributed by atoms with Gasteiger partial charge in [-0.25, -0.2) is 0 Å². The normalized spacial score (nSPS) is 19.9. The lowest BCUT2D eigenvalue weighted by Gasteiger charge is -2.30. The number of benzene rings is 1. The number of hydrogen-bond donors (Lipinski definition) is 1. The van der Waals surface area contributed by atoms with Crippen molar-refractivity contribution in [3.05, 3.63) is 34.9 Å². The monoisotopic (exact) mass is 266 g/mol. The number of nitrogens with two attached hydrogens (primary N) is 1. The van der Waals surface area contributed by atoms with Crippen LogP contribution in [0.5, 0.6) is 0 Å². The lowest BCUT2D eigenvalue weighted by Crippen LogP contribution is -2.34. The second-order valence-electron chi connectivity index (χ2n) is 5.47. The van der Waals surface area contributed by atoms with Crippen LogP contribution in [0.3, 0.4) is 0 Å². The number of halogens is 1. The maximum Gasteiger partial charge on any atom is 0.0409 e. The molecule has 0 bridgehead atoms. The second kappa shape index (κ2) is 6.55. The zero-order valence-electron chi connectivity index (χ0n) is 11.1. The molecule has 0 aromatic heterocycles. The summed E-state index contributed by atoms with van der Waals surface area (Å²) in [7, 11) is 0. The Bertz CT molecular complexity index is 373. The van der Waals surface area contributed by atoms with Crippen molar-refractivity contribution in [1.29, 1.82) is 0 Å². The highest BCUT2D eigenvalue weighted by Crippen LogP contribution is 2.21. The molecule has 0 aliphatic carbocycles. The molecule has 100 valence electrons. The number of likely N-dealkylation sites (tertiary alicyclic amines) is 1. The second-order valence-corrected chi connectivity index (χ2v) is 5.91. The Hall–Kier alpha value is -0.570. The SMILES string of the molecule is CC1CCN(CCC(N)c2cccc(Cl)c2)CC1. The molecular weight excluding hydrogens is 244 g/mol. The molecular formula is C15H23ClN2. The van der Waals surface area contributed by atoms with Gasteiger partial charge in [0.1, 0.15) is 0 Å². The van der Waals surface area contributed by atoms with Gasteiger partial charge in [-0.1, -0.05) is 30.7 Å². The molecule has 3 heteroatoms. The minimum Gasteiger partial charge on any atom is -0.324 e. The maximum absolute atomic E-state index is 6.22. The standard InChI is InChI=1S/C15H23ClN2/c1-12-5-8-18(9-6-12)10-7-15(17)13-3-2-4-14(16)11-13/h2-4,11-12,15H,5-10,17H2,1H3. The molecule has 0 radical (unpaired) electrons. The van der Waals surface area contributed by atoms with Crippen LogP contribution in [0.2, 0.25) is 5.02 Å². The summed E-state index contributed by atoms with van der Waals surface area (Å²) < 4.78 is 0. The molecule has 0 amide bonds. The molecule has 0 spiro atoms. The zero-order valence-corrected chi connectivity index (χ0v) is 11.9. The molecule has 0 saturated carbocycles. The molecule has 2 rings (SSSR count). The summed E-state index contributed by atoms with van der Waals surface area (Å²) in [5.74, 6) is 0.892. The highest BCUT2D eigenvalue weighted by atomic mass is 35.5. The summed E-state index contributed by atoms with van der Waals surface area (Å²) >= 11 is 5.99. The van der Waals surface area contributed by atoms with E-state index in [4.69, 9.17) is 17.3 Å². The summed E-state index contributed by atoms with van der Waals surface area (Å²) in [5, 5.41) is 0.773. The van der Waals surface area contributed by atoms with Gasteiger partial charge in [0.2, 0.25) is 0 Å². The van der Waals surface area contributed by atoms with Crippen molar-refractivity contribution in [3.8, 4) is 0 Å². The molecule has 1 atom stereocenters. The summed E-state index contributed by atoms with van der Waals surface area (Å²) in [4.78, 5) is 2.53. The van der Waals surface area contributed by atoms with Crippen LogP contribution in [-0.2, 0) is 0 Å². The van der Waals surface area contributed by atoms with Crippen LogP contribution in [0.1, 0.15) is 37.8 Å². The first-order valence-corrected chi connectivity index (χ1v) is 7.26. The third kappa shape index (κ3) is 3.98. The van der Waals surface area contributed by atoms with Gasteiger partial charge >= 0.3 is 0 Å². The van der Waals surface area contributed by atoms with Crippen molar-refractivity contribution >= 4 is 11.6 Å². The highest BCUT2D eigenvalue weighted by molar-refractivity contribution is 6.30. The highest BCUT2D eigenvalue weighted by Gasteiger charge is 2.16. The average Bonchev–Trinajstić information content (AvgIpc) is 2.38. The van der Waals surface area contributed by atoms with E-state index in [1.54, 1.807) is 0 Å². The Labute approximate surface area is 115 Å². The van der Waals surface area contributed by atoms with Gasteiger partial charge in [-0.05, 0) is 62.5 Å². The van der Waals surface area contributed by atoms with Crippen LogP contribution >= 0.6 is 11.6 Å². The number of piperidine rings is 1. The van der Waals surface area contributed by atoms with Gasteiger partial charge in [0.25, 0.3) is 0 Å². The molecule has 1 aliphatic rings. The van der Waals surface area contributed by atoms with E-state index in [0.29, 0.717) is 0 Å². The predicted octanol–water partition coefficient (Wildman–Crippen LogP) is 3.46. The molecule has 1 aromatic rings. The first-order chi connectivity index (χ1) is 8.65. The van der Waals surface area contributed by atoms with E-state index < -0.39 is 0 Å². The van der Waals surface area contributed by atoms with Crippen LogP contribution < -0.4 is 5.73 Å². The molecule has 2 nitrogen and oxygen atoms in total. The van der Waals surface area contributed by atoms with Crippen molar-refractivity contribution in [3.63, 3.8) is 0 Å². The van der Waals surface area contributed by atoms with E-state index >= 15 is 0 Å². The minimum atomic E-state index is 0.100. The van der Waals surface area contributed by atoms with Crippen LogP contribution in [0, 0.1) is 5.92 Å². The Morgan fingerprint density at radius 2 is 2.11 bits per heavy atom. The third-order valence-corrected chi connectivity index (χ3v) is 4.14. The van der Waals surface area contributed by atoms with Crippen molar-refractivity contribution < 1.29 is 0 Å². The third-order valence-electron chi connectivity index (χ3n) is 3.91. The van der Waals surface area contributed by atoms with Gasteiger partial charge in [-0.2, -0.15) is 0 Å². The van der Waals surface area contributed by atoms with Crippen LogP contribution in [0.25, 0.3) is 0 Å². The summed E-state index contributed by atoms with van der Waals surface area (Å²) in [6.07, 6.45) is 3.66. The molecule has 1 aliphatic heterocycles. The molecule has 1 unspecified atom stereocenters. The largest absolute Gasteiger partial charge is 0.324 e. The smallest absolute Gasteiger partial charge is 0.0409 e. The van der Waals surface area contributed by atoms with E-state index in [2.05, 4.69) is 17.9 Å². The van der Waals surface area contributed by atoms with Crippen LogP contribution in [0.4, 0.5) is 0 Å². The topological polar surface area (TPSA) is 29.3 Å². The lowest BCUT2D eigenvalue weighted by atomic mass is 9.98. The summed E-state index contributed by atoms with van der Waals surface area (Å²) in [6.45, 7) is 5.89. The van der Waals surface area contributed by atoms with Crippen molar-refractivity contribution in [2.24, 2.45) is 11.7 Å². The summed E-state index contributed by atoms with van der Waals surface area (Å²) in [5.41, 5.74) is 7.37. The average molecular weight is 267 g/mol. The Kier molecular flexibility index (Phi) is 5.04. The first kappa shape index (κ1) is 13.9. The quantitative estimate of drug-likeness (QED) is 0.904. The molecule has 1 fully saturated rings. The molecule has 2 N–H and O–H groups in total. The van der Waals surface area contributed by atoms with E-state index in [1.165, 1.54) is 25.9 Å². The Balaban J connectivity index is 1.79. The fraction of sp³-hybridized carbons (Fsp3) is 0.600. The van der Waals surface area contributed by atoms with Crippen LogP contribution in [0.15, 0.2) is 24.3 Å². The first-order valence-electron chi connectivity index (χ1n) is 6.88. The van der Waals surface area contributed by atoms with E-state index in [1.807, 2.05) is 18.2 Å². The van der Waals surface area contributed by atoms with E-state index in [9.17, 15) is 0 Å². The van der Waals surface area contributed by atoms with E-state index in [-0.39, 0.29) is 6.04 Å². The summed E-state index contributed by atoms with van der Waals surface area (Å²) in [6, 6.07) is 8.01. The van der Waals surface area contributed by atoms with Gasteiger partial charge in [0.15, 0.2) is 0 Å². The molecule has 1 saturated heterocycles. The zero-order chi connectivity index (χ0) is 13.0. The van der Waals surface area contributed by atoms with Gasteiger partial charge < -0.3 is 10.6 Å². The van der Waals surface area contributed by atoms with E-state index in [0.717, 1.165) is 29.5 Å². The number of rotatable bonds is 4. The van der Waals surface area contributed by atoms with Gasteiger partial charge in [0.05, 0.1) is 0 Å². The molecule has 1 heterocycles. The lowest BCUT2D eigenvalue weighted by molar-refractivity contribution is 0.187. The van der Waals surface area contributed by atoms with Gasteiger partial charge in [0, 0.05) is 11.1 Å². The Morgan fingerprint density at radius 3 is 2.78 bits per heavy atom. The van der Waals surface area contributed by atoms with Crippen LogP contribution in [-0.4, -0.2) is 24.5 Å². The number of hydrogen-bond acceptors (Lipinski definition) is 2. The van der Waals surface area contributed by atoms with Crippen molar-refractivity contribution in [2.45, 2.75) is 32.2 Å². The van der Waals surface area contributed by atoms with Crippen molar-refractivity contribution in [1.82, 2.24) is 4.90 Å². The Morgan fingerprint density at radius 1 is 1.39 bits per heavy atom. The minimum absolute atomic E-state index is 0.100. The fourth-order valence-corrected chi connectivity index (χ4v) is 2.71. The maximum atomic E-state index is 6.22.